The zero-order valence-corrected chi connectivity index (χ0v) is 15.3. The van der Waals surface area contributed by atoms with E-state index < -0.39 is 10.0 Å². The van der Waals surface area contributed by atoms with Gasteiger partial charge < -0.3 is 9.47 Å². The number of aromatic nitrogens is 2. The van der Waals surface area contributed by atoms with Crippen LogP contribution in [0.3, 0.4) is 0 Å². The quantitative estimate of drug-likeness (QED) is 0.807. The molecule has 1 atom stereocenters. The summed E-state index contributed by atoms with van der Waals surface area (Å²) in [6, 6.07) is 5.19. The molecule has 0 N–H and O–H groups in total. The molecule has 0 spiro atoms. The first kappa shape index (κ1) is 17.6. The first-order chi connectivity index (χ1) is 11.9. The van der Waals surface area contributed by atoms with Crippen molar-refractivity contribution in [3.8, 4) is 11.8 Å². The summed E-state index contributed by atoms with van der Waals surface area (Å²) in [7, 11) is -2.04. The molecule has 1 saturated heterocycles. The first-order valence-corrected chi connectivity index (χ1v) is 9.45. The summed E-state index contributed by atoms with van der Waals surface area (Å²) in [6.07, 6.45) is 3.32. The van der Waals surface area contributed by atoms with Crippen LogP contribution >= 0.6 is 0 Å². The van der Waals surface area contributed by atoms with Crippen LogP contribution in [0.1, 0.15) is 17.5 Å². The molecule has 3 rings (SSSR count). The maximum atomic E-state index is 12.8. The van der Waals surface area contributed by atoms with E-state index >= 15 is 0 Å². The third kappa shape index (κ3) is 3.59. The van der Waals surface area contributed by atoms with Crippen molar-refractivity contribution in [1.29, 1.82) is 0 Å². The Morgan fingerprint density at radius 3 is 2.52 bits per heavy atom. The van der Waals surface area contributed by atoms with Gasteiger partial charge in [-0.2, -0.15) is 4.31 Å². The Kier molecular flexibility index (Phi) is 4.91. The highest BCUT2D eigenvalue weighted by Crippen LogP contribution is 2.27. The van der Waals surface area contributed by atoms with E-state index in [1.165, 1.54) is 23.8 Å². The highest BCUT2D eigenvalue weighted by atomic mass is 32.2. The van der Waals surface area contributed by atoms with Crippen molar-refractivity contribution in [3.63, 3.8) is 0 Å². The molecule has 1 aromatic heterocycles. The van der Waals surface area contributed by atoms with Crippen molar-refractivity contribution in [2.75, 3.05) is 20.2 Å². The molecule has 2 aromatic rings. The van der Waals surface area contributed by atoms with Gasteiger partial charge in [-0.15, -0.1) is 0 Å². The van der Waals surface area contributed by atoms with Gasteiger partial charge in [-0.05, 0) is 43.5 Å². The Morgan fingerprint density at radius 2 is 1.84 bits per heavy atom. The minimum Gasteiger partial charge on any atom is -0.477 e. The summed E-state index contributed by atoms with van der Waals surface area (Å²) >= 11 is 0. The zero-order chi connectivity index (χ0) is 18.0. The Balaban J connectivity index is 1.74. The van der Waals surface area contributed by atoms with Crippen LogP contribution in [0.4, 0.5) is 0 Å². The number of ether oxygens (including phenoxy) is 2. The van der Waals surface area contributed by atoms with Crippen molar-refractivity contribution < 1.29 is 17.9 Å². The van der Waals surface area contributed by atoms with E-state index in [2.05, 4.69) is 9.97 Å². The number of benzene rings is 1. The van der Waals surface area contributed by atoms with E-state index in [9.17, 15) is 8.42 Å². The maximum Gasteiger partial charge on any atom is 0.278 e. The summed E-state index contributed by atoms with van der Waals surface area (Å²) in [6.45, 7) is 4.54. The molecule has 134 valence electrons. The fourth-order valence-corrected chi connectivity index (χ4v) is 4.30. The third-order valence-electron chi connectivity index (χ3n) is 4.33. The van der Waals surface area contributed by atoms with Gasteiger partial charge >= 0.3 is 0 Å². The SMILES string of the molecule is COc1nccnc1OC1CCN(S(=O)(=O)c2ccc(C)c(C)c2)C1. The average Bonchev–Trinajstić information content (AvgIpc) is 3.07. The van der Waals surface area contributed by atoms with Gasteiger partial charge in [0.2, 0.25) is 10.0 Å². The minimum atomic E-state index is -3.53. The Hall–Kier alpha value is -2.19. The second-order valence-corrected chi connectivity index (χ2v) is 7.95. The molecule has 0 saturated carbocycles. The Labute approximate surface area is 147 Å². The fraction of sp³-hybridized carbons (Fsp3) is 0.412. The molecule has 1 aliphatic rings. The minimum absolute atomic E-state index is 0.273. The molecule has 1 fully saturated rings. The average molecular weight is 363 g/mol. The van der Waals surface area contributed by atoms with Crippen LogP contribution in [0.15, 0.2) is 35.5 Å². The van der Waals surface area contributed by atoms with Crippen molar-refractivity contribution in [2.45, 2.75) is 31.3 Å². The third-order valence-corrected chi connectivity index (χ3v) is 6.19. The molecular weight excluding hydrogens is 342 g/mol. The van der Waals surface area contributed by atoms with Crippen LogP contribution in [0.5, 0.6) is 11.8 Å². The van der Waals surface area contributed by atoms with Gasteiger partial charge in [-0.25, -0.2) is 18.4 Å². The topological polar surface area (TPSA) is 81.6 Å². The van der Waals surface area contributed by atoms with Gasteiger partial charge in [-0.1, -0.05) is 6.07 Å². The van der Waals surface area contributed by atoms with Gasteiger partial charge in [0.05, 0.1) is 18.6 Å². The number of aryl methyl sites for hydroxylation is 2. The number of rotatable bonds is 5. The predicted octanol–water partition coefficient (Wildman–Crippen LogP) is 1.94. The lowest BCUT2D eigenvalue weighted by Crippen LogP contribution is -2.31. The highest BCUT2D eigenvalue weighted by molar-refractivity contribution is 7.89. The van der Waals surface area contributed by atoms with E-state index in [0.717, 1.165) is 11.1 Å². The van der Waals surface area contributed by atoms with Crippen molar-refractivity contribution in [3.05, 3.63) is 41.7 Å². The fourth-order valence-electron chi connectivity index (χ4n) is 2.73. The number of nitrogens with zero attached hydrogens (tertiary/aromatic N) is 3. The molecule has 1 aromatic carbocycles. The second-order valence-electron chi connectivity index (χ2n) is 6.01. The lowest BCUT2D eigenvalue weighted by Gasteiger charge is -2.18. The number of sulfonamides is 1. The zero-order valence-electron chi connectivity index (χ0n) is 14.5. The second kappa shape index (κ2) is 6.97. The normalized spacial score (nSPS) is 18.3. The summed E-state index contributed by atoms with van der Waals surface area (Å²) in [4.78, 5) is 8.45. The molecule has 0 aliphatic carbocycles. The number of methoxy groups -OCH3 is 1. The summed E-state index contributed by atoms with van der Waals surface area (Å²) in [5, 5.41) is 0. The van der Waals surface area contributed by atoms with Gasteiger partial charge in [0, 0.05) is 18.9 Å². The van der Waals surface area contributed by atoms with E-state index in [1.807, 2.05) is 19.9 Å². The van der Waals surface area contributed by atoms with Crippen LogP contribution in [-0.2, 0) is 10.0 Å². The van der Waals surface area contributed by atoms with E-state index in [-0.39, 0.29) is 24.4 Å². The molecule has 8 heteroatoms. The predicted molar refractivity (Wildman–Crippen MR) is 92.3 cm³/mol. The van der Waals surface area contributed by atoms with Crippen LogP contribution in [0.2, 0.25) is 0 Å². The van der Waals surface area contributed by atoms with E-state index in [0.29, 0.717) is 17.9 Å². The van der Waals surface area contributed by atoms with Gasteiger partial charge in [0.1, 0.15) is 6.10 Å². The highest BCUT2D eigenvalue weighted by Gasteiger charge is 2.34. The molecule has 0 bridgehead atoms. The molecule has 0 amide bonds. The molecule has 0 radical (unpaired) electrons. The smallest absolute Gasteiger partial charge is 0.278 e. The molecule has 2 heterocycles. The summed E-state index contributed by atoms with van der Waals surface area (Å²) in [5.41, 5.74) is 2.02. The molecule has 25 heavy (non-hydrogen) atoms. The maximum absolute atomic E-state index is 12.8. The van der Waals surface area contributed by atoms with Gasteiger partial charge in [0.25, 0.3) is 11.8 Å². The van der Waals surface area contributed by atoms with Crippen molar-refractivity contribution in [2.24, 2.45) is 0 Å². The molecule has 1 aliphatic heterocycles. The van der Waals surface area contributed by atoms with Gasteiger partial charge in [0.15, 0.2) is 0 Å². The Morgan fingerprint density at radius 1 is 1.12 bits per heavy atom. The van der Waals surface area contributed by atoms with Crippen LogP contribution in [0.25, 0.3) is 0 Å². The molecule has 1 unspecified atom stereocenters. The summed E-state index contributed by atoms with van der Waals surface area (Å²) < 4.78 is 38.0. The lowest BCUT2D eigenvalue weighted by molar-refractivity contribution is 0.194. The number of hydrogen-bond donors (Lipinski definition) is 0. The molecule has 7 nitrogen and oxygen atoms in total. The van der Waals surface area contributed by atoms with E-state index in [1.54, 1.807) is 12.1 Å². The standard InChI is InChI=1S/C17H21N3O4S/c1-12-4-5-15(10-13(12)2)25(21,22)20-9-6-14(11-20)24-17-16(23-3)18-7-8-19-17/h4-5,7-8,10,14H,6,9,11H2,1-3H3. The number of hydrogen-bond acceptors (Lipinski definition) is 6. The molecular formula is C17H21N3O4S. The summed E-state index contributed by atoms with van der Waals surface area (Å²) in [5.74, 6) is 0.568. The van der Waals surface area contributed by atoms with Gasteiger partial charge in [-0.3, -0.25) is 0 Å². The largest absolute Gasteiger partial charge is 0.477 e. The monoisotopic (exact) mass is 363 g/mol. The van der Waals surface area contributed by atoms with E-state index in [4.69, 9.17) is 9.47 Å². The van der Waals surface area contributed by atoms with Crippen molar-refractivity contribution >= 4 is 10.0 Å². The van der Waals surface area contributed by atoms with Crippen molar-refractivity contribution in [1.82, 2.24) is 14.3 Å². The van der Waals surface area contributed by atoms with Crippen LogP contribution in [0, 0.1) is 13.8 Å². The van der Waals surface area contributed by atoms with Crippen LogP contribution < -0.4 is 9.47 Å². The Bertz CT molecular complexity index is 870. The lowest BCUT2D eigenvalue weighted by atomic mass is 10.1. The van der Waals surface area contributed by atoms with Crippen LogP contribution in [-0.4, -0.2) is 49.0 Å². The first-order valence-electron chi connectivity index (χ1n) is 8.01.